The summed E-state index contributed by atoms with van der Waals surface area (Å²) < 4.78 is 0. The highest BCUT2D eigenvalue weighted by Gasteiger charge is 2.16. The van der Waals surface area contributed by atoms with Crippen LogP contribution in [0.1, 0.15) is 20.7 Å². The predicted octanol–water partition coefficient (Wildman–Crippen LogP) is 2.70. The second-order valence-corrected chi connectivity index (χ2v) is 4.72. The number of rotatable bonds is 4. The molecule has 0 unspecified atom stereocenters. The van der Waals surface area contributed by atoms with Gasteiger partial charge < -0.3 is 15.3 Å². The van der Waals surface area contributed by atoms with Gasteiger partial charge in [0.25, 0.3) is 5.91 Å². The lowest BCUT2D eigenvalue weighted by atomic mass is 10.1. The first-order valence-electron chi connectivity index (χ1n) is 6.40. The van der Waals surface area contributed by atoms with E-state index in [0.29, 0.717) is 5.69 Å². The third-order valence-corrected chi connectivity index (χ3v) is 3.04. The third-order valence-electron chi connectivity index (χ3n) is 3.04. The standard InChI is InChI=1S/C16H16N2O3/c1-18(2)14-10-6-5-9-13(14)17-15(19)11-7-3-4-8-12(11)16(20)21/h3-10H,1-2H3,(H,17,19)(H,20,21). The molecule has 2 N–H and O–H groups in total. The van der Waals surface area contributed by atoms with Crippen LogP contribution in [-0.2, 0) is 0 Å². The third kappa shape index (κ3) is 3.20. The van der Waals surface area contributed by atoms with E-state index in [-0.39, 0.29) is 11.1 Å². The molecule has 0 spiro atoms. The number of nitrogens with one attached hydrogen (secondary N) is 1. The van der Waals surface area contributed by atoms with E-state index in [2.05, 4.69) is 5.32 Å². The van der Waals surface area contributed by atoms with Crippen LogP contribution in [0.3, 0.4) is 0 Å². The minimum absolute atomic E-state index is 0.0164. The number of hydrogen-bond donors (Lipinski definition) is 2. The first-order valence-corrected chi connectivity index (χ1v) is 6.40. The number of amides is 1. The maximum absolute atomic E-state index is 12.3. The van der Waals surface area contributed by atoms with Gasteiger partial charge in [-0.05, 0) is 24.3 Å². The van der Waals surface area contributed by atoms with Crippen molar-refractivity contribution >= 4 is 23.3 Å². The van der Waals surface area contributed by atoms with Gasteiger partial charge in [-0.15, -0.1) is 0 Å². The van der Waals surface area contributed by atoms with Crippen LogP contribution < -0.4 is 10.2 Å². The van der Waals surface area contributed by atoms with Crippen molar-refractivity contribution in [1.29, 1.82) is 0 Å². The summed E-state index contributed by atoms with van der Waals surface area (Å²) in [7, 11) is 3.74. The first-order chi connectivity index (χ1) is 10.0. The molecule has 0 saturated carbocycles. The fourth-order valence-electron chi connectivity index (χ4n) is 2.03. The van der Waals surface area contributed by atoms with E-state index in [1.165, 1.54) is 12.1 Å². The lowest BCUT2D eigenvalue weighted by Gasteiger charge is -2.18. The number of anilines is 2. The van der Waals surface area contributed by atoms with Crippen LogP contribution in [-0.4, -0.2) is 31.1 Å². The Morgan fingerprint density at radius 3 is 2.14 bits per heavy atom. The van der Waals surface area contributed by atoms with Crippen molar-refractivity contribution in [2.75, 3.05) is 24.3 Å². The number of carbonyl (C=O) groups is 2. The molecule has 21 heavy (non-hydrogen) atoms. The van der Waals surface area contributed by atoms with Gasteiger partial charge in [0.1, 0.15) is 0 Å². The van der Waals surface area contributed by atoms with Gasteiger partial charge in [0, 0.05) is 14.1 Å². The Balaban J connectivity index is 2.33. The number of benzene rings is 2. The molecule has 2 aromatic carbocycles. The SMILES string of the molecule is CN(C)c1ccccc1NC(=O)c1ccccc1C(=O)O. The lowest BCUT2D eigenvalue weighted by Crippen LogP contribution is -2.19. The topological polar surface area (TPSA) is 69.6 Å². The van der Waals surface area contributed by atoms with Gasteiger partial charge in [0.15, 0.2) is 0 Å². The normalized spacial score (nSPS) is 10.0. The number of hydrogen-bond acceptors (Lipinski definition) is 3. The molecular weight excluding hydrogens is 268 g/mol. The zero-order chi connectivity index (χ0) is 15.4. The highest BCUT2D eigenvalue weighted by atomic mass is 16.4. The summed E-state index contributed by atoms with van der Waals surface area (Å²) in [5, 5.41) is 11.9. The maximum atomic E-state index is 12.3. The summed E-state index contributed by atoms with van der Waals surface area (Å²) in [5.74, 6) is -1.57. The summed E-state index contributed by atoms with van der Waals surface area (Å²) >= 11 is 0. The Bertz CT molecular complexity index is 681. The molecule has 0 atom stereocenters. The van der Waals surface area contributed by atoms with Crippen molar-refractivity contribution in [2.24, 2.45) is 0 Å². The van der Waals surface area contributed by atoms with Gasteiger partial charge in [0.2, 0.25) is 0 Å². The van der Waals surface area contributed by atoms with Crippen LogP contribution in [0.15, 0.2) is 48.5 Å². The van der Waals surface area contributed by atoms with Crippen LogP contribution in [0.5, 0.6) is 0 Å². The minimum atomic E-state index is -1.12. The van der Waals surface area contributed by atoms with Gasteiger partial charge in [-0.2, -0.15) is 0 Å². The molecular formula is C16H16N2O3. The van der Waals surface area contributed by atoms with Crippen molar-refractivity contribution < 1.29 is 14.7 Å². The molecule has 0 aliphatic heterocycles. The van der Waals surface area contributed by atoms with Gasteiger partial charge >= 0.3 is 5.97 Å². The molecule has 0 aromatic heterocycles. The number of carbonyl (C=O) groups excluding carboxylic acids is 1. The van der Waals surface area contributed by atoms with Crippen molar-refractivity contribution in [3.05, 3.63) is 59.7 Å². The Morgan fingerprint density at radius 1 is 0.952 bits per heavy atom. The lowest BCUT2D eigenvalue weighted by molar-refractivity contribution is 0.0692. The van der Waals surface area contributed by atoms with E-state index >= 15 is 0 Å². The molecule has 5 nitrogen and oxygen atoms in total. The average molecular weight is 284 g/mol. The Kier molecular flexibility index (Phi) is 4.23. The van der Waals surface area contributed by atoms with E-state index in [1.54, 1.807) is 18.2 Å². The summed E-state index contributed by atoms with van der Waals surface area (Å²) in [6.45, 7) is 0. The fourth-order valence-corrected chi connectivity index (χ4v) is 2.03. The van der Waals surface area contributed by atoms with Crippen LogP contribution in [0, 0.1) is 0 Å². The van der Waals surface area contributed by atoms with Gasteiger partial charge in [-0.3, -0.25) is 4.79 Å². The Morgan fingerprint density at radius 2 is 1.52 bits per heavy atom. The Hall–Kier alpha value is -2.82. The monoisotopic (exact) mass is 284 g/mol. The minimum Gasteiger partial charge on any atom is -0.478 e. The van der Waals surface area contributed by atoms with Crippen LogP contribution in [0.4, 0.5) is 11.4 Å². The maximum Gasteiger partial charge on any atom is 0.336 e. The van der Waals surface area contributed by atoms with Gasteiger partial charge in [0.05, 0.1) is 22.5 Å². The molecule has 2 aromatic rings. The highest BCUT2D eigenvalue weighted by Crippen LogP contribution is 2.24. The molecule has 0 aliphatic rings. The van der Waals surface area contributed by atoms with Crippen LogP contribution >= 0.6 is 0 Å². The van der Waals surface area contributed by atoms with Gasteiger partial charge in [-0.1, -0.05) is 24.3 Å². The number of carboxylic acid groups (broad SMARTS) is 1. The van der Waals surface area contributed by atoms with E-state index in [0.717, 1.165) is 5.69 Å². The molecule has 2 rings (SSSR count). The second-order valence-electron chi connectivity index (χ2n) is 4.72. The second kappa shape index (κ2) is 6.09. The summed E-state index contributed by atoms with van der Waals surface area (Å²) in [6.07, 6.45) is 0. The highest BCUT2D eigenvalue weighted by molar-refractivity contribution is 6.11. The van der Waals surface area contributed by atoms with E-state index in [4.69, 9.17) is 5.11 Å². The molecule has 0 saturated heterocycles. The molecule has 0 radical (unpaired) electrons. The quantitative estimate of drug-likeness (QED) is 0.905. The van der Waals surface area contributed by atoms with Crippen molar-refractivity contribution in [2.45, 2.75) is 0 Å². The number of aromatic carboxylic acids is 1. The molecule has 1 amide bonds. The molecule has 5 heteroatoms. The van der Waals surface area contributed by atoms with E-state index in [9.17, 15) is 9.59 Å². The van der Waals surface area contributed by atoms with Crippen LogP contribution in [0.2, 0.25) is 0 Å². The number of nitrogens with zero attached hydrogens (tertiary/aromatic N) is 1. The summed E-state index contributed by atoms with van der Waals surface area (Å²) in [6, 6.07) is 13.5. The first kappa shape index (κ1) is 14.6. The number of carboxylic acids is 1. The predicted molar refractivity (Wildman–Crippen MR) is 82.1 cm³/mol. The largest absolute Gasteiger partial charge is 0.478 e. The van der Waals surface area contributed by atoms with Crippen molar-refractivity contribution in [3.63, 3.8) is 0 Å². The zero-order valence-corrected chi connectivity index (χ0v) is 11.8. The summed E-state index contributed by atoms with van der Waals surface area (Å²) in [5.41, 5.74) is 1.60. The number of para-hydroxylation sites is 2. The smallest absolute Gasteiger partial charge is 0.336 e. The van der Waals surface area contributed by atoms with Crippen LogP contribution in [0.25, 0.3) is 0 Å². The molecule has 0 bridgehead atoms. The molecule has 108 valence electrons. The van der Waals surface area contributed by atoms with E-state index in [1.807, 2.05) is 37.2 Å². The Labute approximate surface area is 122 Å². The van der Waals surface area contributed by atoms with Gasteiger partial charge in [-0.25, -0.2) is 4.79 Å². The molecule has 0 fully saturated rings. The molecule has 0 heterocycles. The zero-order valence-electron chi connectivity index (χ0n) is 11.8. The van der Waals surface area contributed by atoms with E-state index < -0.39 is 11.9 Å². The fraction of sp³-hybridized carbons (Fsp3) is 0.125. The van der Waals surface area contributed by atoms with Crippen molar-refractivity contribution in [1.82, 2.24) is 0 Å². The average Bonchev–Trinajstić information content (AvgIpc) is 2.47. The van der Waals surface area contributed by atoms with Crippen molar-refractivity contribution in [3.8, 4) is 0 Å². The molecule has 0 aliphatic carbocycles. The summed E-state index contributed by atoms with van der Waals surface area (Å²) in [4.78, 5) is 25.4.